The molecule has 1 amide bonds. The number of amides is 1. The molecule has 3 nitrogen and oxygen atoms in total. The van der Waals surface area contributed by atoms with E-state index in [0.717, 1.165) is 5.69 Å². The van der Waals surface area contributed by atoms with E-state index in [-0.39, 0.29) is 5.91 Å². The Morgan fingerprint density at radius 1 is 1.38 bits per heavy atom. The lowest BCUT2D eigenvalue weighted by Crippen LogP contribution is -2.07. The van der Waals surface area contributed by atoms with Crippen molar-refractivity contribution in [3.8, 4) is 0 Å². The first-order valence-electron chi connectivity index (χ1n) is 4.01. The van der Waals surface area contributed by atoms with Crippen LogP contribution in [0.25, 0.3) is 0 Å². The lowest BCUT2D eigenvalue weighted by molar-refractivity contribution is -0.111. The number of allylic oxidation sites excluding steroid dienone is 1. The van der Waals surface area contributed by atoms with Crippen LogP contribution in [0.5, 0.6) is 0 Å². The summed E-state index contributed by atoms with van der Waals surface area (Å²) >= 11 is 0. The molecular formula is C10H12N2O. The van der Waals surface area contributed by atoms with Gasteiger partial charge in [-0.15, -0.1) is 0 Å². The highest BCUT2D eigenvalue weighted by atomic mass is 16.1. The average molecular weight is 176 g/mol. The van der Waals surface area contributed by atoms with Gasteiger partial charge in [0.05, 0.1) is 0 Å². The van der Waals surface area contributed by atoms with Crippen LogP contribution in [0.15, 0.2) is 36.4 Å². The molecule has 0 aliphatic carbocycles. The van der Waals surface area contributed by atoms with Crippen LogP contribution in [-0.4, -0.2) is 5.91 Å². The van der Waals surface area contributed by atoms with E-state index in [1.165, 1.54) is 6.08 Å². The maximum absolute atomic E-state index is 11.1. The molecule has 68 valence electrons. The third-order valence-corrected chi connectivity index (χ3v) is 1.50. The Labute approximate surface area is 77.3 Å². The summed E-state index contributed by atoms with van der Waals surface area (Å²) in [6.45, 7) is 1.79. The Balaban J connectivity index is 2.64. The number of anilines is 2. The van der Waals surface area contributed by atoms with Crippen LogP contribution in [0, 0.1) is 0 Å². The normalized spacial score (nSPS) is 10.2. The lowest BCUT2D eigenvalue weighted by atomic mass is 10.3. The number of hydrogen-bond donors (Lipinski definition) is 2. The minimum atomic E-state index is -0.132. The molecule has 3 heteroatoms. The molecule has 13 heavy (non-hydrogen) atoms. The summed E-state index contributed by atoms with van der Waals surface area (Å²) in [5, 5.41) is 2.69. The fourth-order valence-electron chi connectivity index (χ4n) is 0.902. The first-order valence-corrected chi connectivity index (χ1v) is 4.01. The van der Waals surface area contributed by atoms with E-state index in [0.29, 0.717) is 5.69 Å². The molecule has 1 aromatic rings. The highest BCUT2D eigenvalue weighted by Gasteiger charge is 1.95. The number of carbonyl (C=O) groups excluding carboxylic acids is 1. The molecule has 3 N–H and O–H groups in total. The number of nitrogens with two attached hydrogens (primary N) is 1. The molecular weight excluding hydrogens is 164 g/mol. The van der Waals surface area contributed by atoms with E-state index < -0.39 is 0 Å². The van der Waals surface area contributed by atoms with Crippen LogP contribution in [0.1, 0.15) is 6.92 Å². The Morgan fingerprint density at radius 3 is 2.54 bits per heavy atom. The molecule has 0 aliphatic rings. The summed E-state index contributed by atoms with van der Waals surface area (Å²) in [6, 6.07) is 7.00. The summed E-state index contributed by atoms with van der Waals surface area (Å²) in [7, 11) is 0. The summed E-state index contributed by atoms with van der Waals surface area (Å²) < 4.78 is 0. The maximum atomic E-state index is 11.1. The minimum Gasteiger partial charge on any atom is -0.399 e. The number of nitrogen functional groups attached to an aromatic ring is 1. The predicted octanol–water partition coefficient (Wildman–Crippen LogP) is 1.78. The van der Waals surface area contributed by atoms with Gasteiger partial charge in [-0.2, -0.15) is 0 Å². The smallest absolute Gasteiger partial charge is 0.248 e. The van der Waals surface area contributed by atoms with Gasteiger partial charge >= 0.3 is 0 Å². The van der Waals surface area contributed by atoms with Crippen molar-refractivity contribution in [1.82, 2.24) is 0 Å². The van der Waals surface area contributed by atoms with Gasteiger partial charge in [-0.3, -0.25) is 4.79 Å². The van der Waals surface area contributed by atoms with Crippen molar-refractivity contribution in [3.05, 3.63) is 36.4 Å². The predicted molar refractivity (Wildman–Crippen MR) is 54.3 cm³/mol. The third kappa shape index (κ3) is 2.99. The van der Waals surface area contributed by atoms with Crippen molar-refractivity contribution in [1.29, 1.82) is 0 Å². The zero-order chi connectivity index (χ0) is 9.68. The van der Waals surface area contributed by atoms with Crippen LogP contribution in [-0.2, 0) is 4.79 Å². The van der Waals surface area contributed by atoms with E-state index in [1.807, 2.05) is 0 Å². The molecule has 1 aromatic carbocycles. The largest absolute Gasteiger partial charge is 0.399 e. The summed E-state index contributed by atoms with van der Waals surface area (Å²) in [6.07, 6.45) is 3.16. The Hall–Kier alpha value is -1.77. The lowest BCUT2D eigenvalue weighted by Gasteiger charge is -2.01. The van der Waals surface area contributed by atoms with E-state index in [4.69, 9.17) is 5.73 Å². The zero-order valence-electron chi connectivity index (χ0n) is 7.45. The molecule has 0 saturated carbocycles. The second-order valence-electron chi connectivity index (χ2n) is 2.61. The molecule has 0 atom stereocenters. The van der Waals surface area contributed by atoms with E-state index in [9.17, 15) is 4.79 Å². The zero-order valence-corrected chi connectivity index (χ0v) is 7.45. The van der Waals surface area contributed by atoms with Gasteiger partial charge < -0.3 is 11.1 Å². The molecule has 0 spiro atoms. The van der Waals surface area contributed by atoms with Crippen LogP contribution in [0.3, 0.4) is 0 Å². The molecule has 0 aromatic heterocycles. The van der Waals surface area contributed by atoms with Gasteiger partial charge in [-0.25, -0.2) is 0 Å². The maximum Gasteiger partial charge on any atom is 0.248 e. The van der Waals surface area contributed by atoms with Crippen LogP contribution >= 0.6 is 0 Å². The fraction of sp³-hybridized carbons (Fsp3) is 0.100. The first kappa shape index (κ1) is 9.32. The number of nitrogens with one attached hydrogen (secondary N) is 1. The van der Waals surface area contributed by atoms with Gasteiger partial charge in [0.25, 0.3) is 0 Å². The van der Waals surface area contributed by atoms with Gasteiger partial charge in [0.1, 0.15) is 0 Å². The van der Waals surface area contributed by atoms with Crippen LogP contribution in [0.4, 0.5) is 11.4 Å². The second-order valence-corrected chi connectivity index (χ2v) is 2.61. The topological polar surface area (TPSA) is 55.1 Å². The standard InChI is InChI=1S/C10H12N2O/c1-2-3-10(13)12-9-6-4-8(11)5-7-9/h2-7H,11H2,1H3,(H,12,13). The highest BCUT2D eigenvalue weighted by molar-refractivity contribution is 5.99. The molecule has 0 saturated heterocycles. The van der Waals surface area contributed by atoms with Gasteiger partial charge in [0, 0.05) is 11.4 Å². The van der Waals surface area contributed by atoms with Crippen molar-refractivity contribution in [2.75, 3.05) is 11.1 Å². The number of hydrogen-bond acceptors (Lipinski definition) is 2. The Kier molecular flexibility index (Phi) is 3.09. The SMILES string of the molecule is CC=CC(=O)Nc1ccc(N)cc1. The number of carbonyl (C=O) groups is 1. The van der Waals surface area contributed by atoms with Gasteiger partial charge in [-0.1, -0.05) is 6.08 Å². The molecule has 0 bridgehead atoms. The summed E-state index contributed by atoms with van der Waals surface area (Å²) in [4.78, 5) is 11.1. The monoisotopic (exact) mass is 176 g/mol. The molecule has 0 radical (unpaired) electrons. The first-order chi connectivity index (χ1) is 6.22. The molecule has 0 fully saturated rings. The van der Waals surface area contributed by atoms with Crippen LogP contribution < -0.4 is 11.1 Å². The number of rotatable bonds is 2. The third-order valence-electron chi connectivity index (χ3n) is 1.50. The van der Waals surface area contributed by atoms with Gasteiger partial charge in [0.15, 0.2) is 0 Å². The van der Waals surface area contributed by atoms with Crippen molar-refractivity contribution in [3.63, 3.8) is 0 Å². The molecule has 0 heterocycles. The Morgan fingerprint density at radius 2 is 2.00 bits per heavy atom. The average Bonchev–Trinajstić information content (AvgIpc) is 2.09. The van der Waals surface area contributed by atoms with E-state index in [1.54, 1.807) is 37.3 Å². The number of benzene rings is 1. The molecule has 0 unspecified atom stereocenters. The molecule has 1 rings (SSSR count). The summed E-state index contributed by atoms with van der Waals surface area (Å²) in [5.41, 5.74) is 6.92. The van der Waals surface area contributed by atoms with Crippen molar-refractivity contribution in [2.45, 2.75) is 6.92 Å². The van der Waals surface area contributed by atoms with E-state index in [2.05, 4.69) is 5.32 Å². The fourth-order valence-corrected chi connectivity index (χ4v) is 0.902. The summed E-state index contributed by atoms with van der Waals surface area (Å²) in [5.74, 6) is -0.132. The van der Waals surface area contributed by atoms with Gasteiger partial charge in [0.2, 0.25) is 5.91 Å². The highest BCUT2D eigenvalue weighted by Crippen LogP contribution is 2.09. The quantitative estimate of drug-likeness (QED) is 0.533. The Bertz CT molecular complexity index is 314. The van der Waals surface area contributed by atoms with Crippen molar-refractivity contribution >= 4 is 17.3 Å². The van der Waals surface area contributed by atoms with Crippen LogP contribution in [0.2, 0.25) is 0 Å². The van der Waals surface area contributed by atoms with Crippen molar-refractivity contribution < 1.29 is 4.79 Å². The minimum absolute atomic E-state index is 0.132. The molecule has 0 aliphatic heterocycles. The van der Waals surface area contributed by atoms with Gasteiger partial charge in [-0.05, 0) is 37.3 Å². The van der Waals surface area contributed by atoms with Crippen molar-refractivity contribution in [2.24, 2.45) is 0 Å². The van der Waals surface area contributed by atoms with E-state index >= 15 is 0 Å². The second kappa shape index (κ2) is 4.30.